The Kier molecular flexibility index (Phi) is 6.41. The summed E-state index contributed by atoms with van der Waals surface area (Å²) in [5.41, 5.74) is 3.62. The summed E-state index contributed by atoms with van der Waals surface area (Å²) in [6, 6.07) is 4.76. The lowest BCUT2D eigenvalue weighted by molar-refractivity contribution is -0.385. The fraction of sp³-hybridized carbons (Fsp3) is 0.500. The summed E-state index contributed by atoms with van der Waals surface area (Å²) in [5.74, 6) is -0.360. The molecule has 0 bridgehead atoms. The van der Waals surface area contributed by atoms with Crippen molar-refractivity contribution in [2.75, 3.05) is 27.4 Å². The number of rotatable bonds is 7. The van der Waals surface area contributed by atoms with Crippen molar-refractivity contribution in [1.82, 2.24) is 4.90 Å². The second kappa shape index (κ2) is 9.24. The molecule has 1 aromatic carbocycles. The minimum Gasteiger partial charge on any atom is -0.490 e. The molecule has 2 aliphatic carbocycles. The highest BCUT2D eigenvalue weighted by atomic mass is 16.6. The first-order valence-corrected chi connectivity index (χ1v) is 11.1. The van der Waals surface area contributed by atoms with Gasteiger partial charge in [-0.1, -0.05) is 6.07 Å². The first-order valence-electron chi connectivity index (χ1n) is 11.1. The second-order valence-electron chi connectivity index (χ2n) is 8.39. The first-order chi connectivity index (χ1) is 15.5. The van der Waals surface area contributed by atoms with Crippen molar-refractivity contribution in [2.24, 2.45) is 0 Å². The van der Waals surface area contributed by atoms with Crippen LogP contribution in [0.3, 0.4) is 0 Å². The van der Waals surface area contributed by atoms with Crippen LogP contribution < -0.4 is 4.74 Å². The Labute approximate surface area is 187 Å². The molecule has 1 aromatic rings. The average molecular weight is 440 g/mol. The third-order valence-corrected chi connectivity index (χ3v) is 6.55. The zero-order valence-corrected chi connectivity index (χ0v) is 18.5. The van der Waals surface area contributed by atoms with Crippen LogP contribution in [-0.4, -0.2) is 48.8 Å². The van der Waals surface area contributed by atoms with Crippen molar-refractivity contribution in [3.8, 4) is 5.75 Å². The number of benzene rings is 1. The van der Waals surface area contributed by atoms with Gasteiger partial charge in [-0.05, 0) is 43.7 Å². The molecule has 0 saturated carbocycles. The molecule has 1 aliphatic heterocycles. The summed E-state index contributed by atoms with van der Waals surface area (Å²) in [6.07, 6.45) is 4.69. The van der Waals surface area contributed by atoms with Gasteiger partial charge in [-0.15, -0.1) is 0 Å². The molecule has 0 aromatic heterocycles. The number of methoxy groups -OCH3 is 2. The van der Waals surface area contributed by atoms with E-state index in [-0.39, 0.29) is 23.0 Å². The Hall–Kier alpha value is -3.00. The highest BCUT2D eigenvalue weighted by Gasteiger charge is 2.43. The number of allylic oxidation sites excluding steroid dienone is 4. The van der Waals surface area contributed by atoms with Gasteiger partial charge in [0.15, 0.2) is 17.3 Å². The Morgan fingerprint density at radius 3 is 2.19 bits per heavy atom. The fourth-order valence-electron chi connectivity index (χ4n) is 5.22. The van der Waals surface area contributed by atoms with Crippen molar-refractivity contribution in [2.45, 2.75) is 50.9 Å². The average Bonchev–Trinajstić information content (AvgIpc) is 2.79. The molecule has 170 valence electrons. The molecular weight excluding hydrogens is 412 g/mol. The van der Waals surface area contributed by atoms with Crippen LogP contribution in [-0.2, 0) is 14.3 Å². The van der Waals surface area contributed by atoms with Gasteiger partial charge < -0.3 is 14.4 Å². The fourth-order valence-corrected chi connectivity index (χ4v) is 5.22. The zero-order valence-electron chi connectivity index (χ0n) is 18.5. The standard InChI is InChI=1S/C24H28N2O6/c1-31-13-5-12-25-16-6-3-8-19(27)23(16)22(24-17(25)7-4-9-20(24)28)15-10-11-21(32-2)18(14-15)26(29)30/h10-11,14,22H,3-9,12-13H2,1-2H3. The number of ketones is 2. The van der Waals surface area contributed by atoms with E-state index in [2.05, 4.69) is 4.90 Å². The van der Waals surface area contributed by atoms with Crippen molar-refractivity contribution in [3.05, 3.63) is 56.4 Å². The lowest BCUT2D eigenvalue weighted by Gasteiger charge is -2.44. The normalized spacial score (nSPS) is 19.2. The Morgan fingerprint density at radius 1 is 1.03 bits per heavy atom. The number of nitro benzene ring substituents is 1. The van der Waals surface area contributed by atoms with Crippen molar-refractivity contribution in [3.63, 3.8) is 0 Å². The molecule has 0 unspecified atom stereocenters. The third kappa shape index (κ3) is 3.83. The van der Waals surface area contributed by atoms with Gasteiger partial charge in [0.05, 0.1) is 12.0 Å². The Bertz CT molecular complexity index is 981. The van der Waals surface area contributed by atoms with E-state index in [9.17, 15) is 19.7 Å². The molecule has 3 aliphatic rings. The SMILES string of the molecule is COCCCN1C2=C(C(=O)CCC2)C(c2ccc(OC)c([N+](=O)[O-])c2)C2=C1CCCC2=O. The van der Waals surface area contributed by atoms with Crippen LogP contribution in [0.15, 0.2) is 40.7 Å². The number of hydrogen-bond acceptors (Lipinski definition) is 7. The topological polar surface area (TPSA) is 99.0 Å². The number of nitro groups is 1. The maximum Gasteiger partial charge on any atom is 0.311 e. The largest absolute Gasteiger partial charge is 0.490 e. The molecular formula is C24H28N2O6. The van der Waals surface area contributed by atoms with Crippen LogP contribution in [0.4, 0.5) is 5.69 Å². The molecule has 8 heteroatoms. The summed E-state index contributed by atoms with van der Waals surface area (Å²) in [6.45, 7) is 1.28. The van der Waals surface area contributed by atoms with Crippen LogP contribution in [0.25, 0.3) is 0 Å². The molecule has 0 fully saturated rings. The molecule has 1 heterocycles. The maximum absolute atomic E-state index is 13.2. The van der Waals surface area contributed by atoms with E-state index in [1.54, 1.807) is 19.2 Å². The summed E-state index contributed by atoms with van der Waals surface area (Å²) >= 11 is 0. The number of carbonyl (C=O) groups is 2. The van der Waals surface area contributed by atoms with Crippen LogP contribution >= 0.6 is 0 Å². The van der Waals surface area contributed by atoms with Gasteiger partial charge in [0, 0.05) is 67.6 Å². The molecule has 0 radical (unpaired) electrons. The third-order valence-electron chi connectivity index (χ3n) is 6.55. The quantitative estimate of drug-likeness (QED) is 0.358. The maximum atomic E-state index is 13.2. The van der Waals surface area contributed by atoms with Gasteiger partial charge in [0.1, 0.15) is 0 Å². The van der Waals surface area contributed by atoms with Crippen molar-refractivity contribution >= 4 is 17.3 Å². The molecule has 32 heavy (non-hydrogen) atoms. The summed E-state index contributed by atoms with van der Waals surface area (Å²) in [4.78, 5) is 39.8. The molecule has 8 nitrogen and oxygen atoms in total. The van der Waals surface area contributed by atoms with E-state index < -0.39 is 10.8 Å². The van der Waals surface area contributed by atoms with E-state index in [4.69, 9.17) is 9.47 Å². The number of nitrogens with zero attached hydrogens (tertiary/aromatic N) is 2. The second-order valence-corrected chi connectivity index (χ2v) is 8.39. The smallest absolute Gasteiger partial charge is 0.311 e. The molecule has 0 N–H and O–H groups in total. The molecule has 0 amide bonds. The lowest BCUT2D eigenvalue weighted by atomic mass is 9.71. The first kappa shape index (κ1) is 22.2. The highest BCUT2D eigenvalue weighted by Crippen LogP contribution is 2.50. The van der Waals surface area contributed by atoms with Crippen LogP contribution in [0.2, 0.25) is 0 Å². The number of carbonyl (C=O) groups excluding carboxylic acids is 2. The van der Waals surface area contributed by atoms with Crippen LogP contribution in [0.5, 0.6) is 5.75 Å². The van der Waals surface area contributed by atoms with Gasteiger partial charge in [-0.2, -0.15) is 0 Å². The number of ether oxygens (including phenoxy) is 2. The van der Waals surface area contributed by atoms with Crippen molar-refractivity contribution < 1.29 is 24.0 Å². The summed E-state index contributed by atoms with van der Waals surface area (Å²) in [7, 11) is 3.05. The van der Waals surface area contributed by atoms with E-state index in [1.807, 2.05) is 0 Å². The van der Waals surface area contributed by atoms with Crippen LogP contribution in [0.1, 0.15) is 56.4 Å². The van der Waals surface area contributed by atoms with Gasteiger partial charge in [0.25, 0.3) is 0 Å². The highest BCUT2D eigenvalue weighted by molar-refractivity contribution is 6.06. The Balaban J connectivity index is 1.90. The number of Topliss-reactive ketones (excluding diaryl/α,β-unsaturated/α-hetero) is 2. The predicted molar refractivity (Wildman–Crippen MR) is 117 cm³/mol. The minimum absolute atomic E-state index is 0.0244. The van der Waals surface area contributed by atoms with Crippen LogP contribution in [0, 0.1) is 10.1 Å². The summed E-state index contributed by atoms with van der Waals surface area (Å²) < 4.78 is 10.4. The van der Waals surface area contributed by atoms with Gasteiger partial charge in [-0.3, -0.25) is 19.7 Å². The number of hydrogen-bond donors (Lipinski definition) is 0. The molecule has 0 atom stereocenters. The van der Waals surface area contributed by atoms with E-state index in [0.29, 0.717) is 42.7 Å². The van der Waals surface area contributed by atoms with E-state index >= 15 is 0 Å². The monoisotopic (exact) mass is 440 g/mol. The van der Waals surface area contributed by atoms with Gasteiger partial charge in [0.2, 0.25) is 0 Å². The molecule has 4 rings (SSSR count). The van der Waals surface area contributed by atoms with Gasteiger partial charge >= 0.3 is 5.69 Å². The predicted octanol–water partition coefficient (Wildman–Crippen LogP) is 4.05. The molecule has 0 saturated heterocycles. The minimum atomic E-state index is -0.566. The lowest BCUT2D eigenvalue weighted by Crippen LogP contribution is -2.39. The Morgan fingerprint density at radius 2 is 1.66 bits per heavy atom. The van der Waals surface area contributed by atoms with E-state index in [1.165, 1.54) is 13.2 Å². The van der Waals surface area contributed by atoms with Crippen molar-refractivity contribution in [1.29, 1.82) is 0 Å². The molecule has 0 spiro atoms. The zero-order chi connectivity index (χ0) is 22.8. The summed E-state index contributed by atoms with van der Waals surface area (Å²) in [5, 5.41) is 11.7. The van der Waals surface area contributed by atoms with E-state index in [0.717, 1.165) is 43.5 Å². The van der Waals surface area contributed by atoms with Gasteiger partial charge in [-0.25, -0.2) is 0 Å².